The molecule has 0 saturated carbocycles. The monoisotopic (exact) mass is 281 g/mol. The number of nitrogens with two attached hydrogens (primary N) is 1. The number of imidazole rings is 1. The number of hydrogen-bond acceptors (Lipinski definition) is 4. The topological polar surface area (TPSA) is 88.8 Å². The standard InChI is InChI=1S/C13H19N3O2S/c1-3-9(8-14)6-13-15-11-5-4-10(19(2,17)18)7-12(11)16-13/h4-5,7,9H,3,6,8,14H2,1-2H3,(H,15,16). The molecular formula is C13H19N3O2S. The van der Waals surface area contributed by atoms with E-state index in [-0.39, 0.29) is 0 Å². The van der Waals surface area contributed by atoms with Crippen LogP contribution in [0.5, 0.6) is 0 Å². The Morgan fingerprint density at radius 1 is 1.42 bits per heavy atom. The van der Waals surface area contributed by atoms with E-state index in [0.29, 0.717) is 17.4 Å². The Morgan fingerprint density at radius 3 is 2.74 bits per heavy atom. The molecule has 0 amide bonds. The molecule has 104 valence electrons. The number of rotatable bonds is 5. The van der Waals surface area contributed by atoms with Crippen LogP contribution in [0.3, 0.4) is 0 Å². The fraction of sp³-hybridized carbons (Fsp3) is 0.462. The van der Waals surface area contributed by atoms with Gasteiger partial charge in [-0.2, -0.15) is 0 Å². The van der Waals surface area contributed by atoms with Crippen molar-refractivity contribution in [2.75, 3.05) is 12.8 Å². The summed E-state index contributed by atoms with van der Waals surface area (Å²) in [4.78, 5) is 7.95. The molecule has 0 saturated heterocycles. The molecule has 1 aromatic carbocycles. The number of sulfone groups is 1. The van der Waals surface area contributed by atoms with Gasteiger partial charge in [0.15, 0.2) is 9.84 Å². The summed E-state index contributed by atoms with van der Waals surface area (Å²) in [5, 5.41) is 0. The summed E-state index contributed by atoms with van der Waals surface area (Å²) in [6.07, 6.45) is 2.99. The summed E-state index contributed by atoms with van der Waals surface area (Å²) >= 11 is 0. The van der Waals surface area contributed by atoms with Crippen molar-refractivity contribution in [3.8, 4) is 0 Å². The molecule has 5 nitrogen and oxygen atoms in total. The molecule has 2 rings (SSSR count). The van der Waals surface area contributed by atoms with Gasteiger partial charge in [0, 0.05) is 12.7 Å². The highest BCUT2D eigenvalue weighted by molar-refractivity contribution is 7.90. The van der Waals surface area contributed by atoms with Crippen molar-refractivity contribution in [3.63, 3.8) is 0 Å². The maximum Gasteiger partial charge on any atom is 0.175 e. The van der Waals surface area contributed by atoms with Crippen LogP contribution in [0.4, 0.5) is 0 Å². The molecule has 0 aliphatic heterocycles. The number of aromatic nitrogens is 2. The van der Waals surface area contributed by atoms with Gasteiger partial charge in [0.2, 0.25) is 0 Å². The molecule has 6 heteroatoms. The second kappa shape index (κ2) is 5.30. The minimum absolute atomic E-state index is 0.307. The van der Waals surface area contributed by atoms with Crippen molar-refractivity contribution in [2.45, 2.75) is 24.7 Å². The first-order chi connectivity index (χ1) is 8.94. The van der Waals surface area contributed by atoms with Crippen LogP contribution < -0.4 is 5.73 Å². The second-order valence-corrected chi connectivity index (χ2v) is 6.86. The number of H-pyrrole nitrogens is 1. The number of aromatic amines is 1. The van der Waals surface area contributed by atoms with E-state index in [1.807, 2.05) is 0 Å². The third-order valence-electron chi connectivity index (χ3n) is 3.32. The molecule has 0 aliphatic carbocycles. The highest BCUT2D eigenvalue weighted by Gasteiger charge is 2.12. The molecule has 0 radical (unpaired) electrons. The highest BCUT2D eigenvalue weighted by atomic mass is 32.2. The molecule has 3 N–H and O–H groups in total. The Bertz CT molecular complexity index is 672. The average molecular weight is 281 g/mol. The van der Waals surface area contributed by atoms with Crippen molar-refractivity contribution >= 4 is 20.9 Å². The van der Waals surface area contributed by atoms with Crippen LogP contribution in [0.15, 0.2) is 23.1 Å². The van der Waals surface area contributed by atoms with Gasteiger partial charge in [-0.3, -0.25) is 0 Å². The van der Waals surface area contributed by atoms with E-state index in [4.69, 9.17) is 5.73 Å². The van der Waals surface area contributed by atoms with E-state index >= 15 is 0 Å². The molecular weight excluding hydrogens is 262 g/mol. The second-order valence-electron chi connectivity index (χ2n) is 4.85. The number of hydrogen-bond donors (Lipinski definition) is 2. The number of fused-ring (bicyclic) bond motifs is 1. The van der Waals surface area contributed by atoms with E-state index in [2.05, 4.69) is 16.9 Å². The van der Waals surface area contributed by atoms with Gasteiger partial charge in [0.1, 0.15) is 5.82 Å². The molecule has 1 aromatic heterocycles. The van der Waals surface area contributed by atoms with Gasteiger partial charge < -0.3 is 10.7 Å². The Hall–Kier alpha value is -1.40. The number of nitrogens with zero attached hydrogens (tertiary/aromatic N) is 1. The SMILES string of the molecule is CCC(CN)Cc1nc2ccc(S(C)(=O)=O)cc2[nH]1. The Labute approximate surface area is 113 Å². The van der Waals surface area contributed by atoms with Gasteiger partial charge >= 0.3 is 0 Å². The third kappa shape index (κ3) is 3.13. The predicted octanol–water partition coefficient (Wildman–Crippen LogP) is 1.49. The molecule has 19 heavy (non-hydrogen) atoms. The van der Waals surface area contributed by atoms with Crippen LogP contribution in [-0.4, -0.2) is 31.2 Å². The van der Waals surface area contributed by atoms with Gasteiger partial charge in [-0.1, -0.05) is 13.3 Å². The van der Waals surface area contributed by atoms with E-state index in [0.717, 1.165) is 29.7 Å². The summed E-state index contributed by atoms with van der Waals surface area (Å²) in [6, 6.07) is 4.95. The lowest BCUT2D eigenvalue weighted by atomic mass is 10.0. The smallest absolute Gasteiger partial charge is 0.175 e. The molecule has 1 atom stereocenters. The quantitative estimate of drug-likeness (QED) is 0.869. The third-order valence-corrected chi connectivity index (χ3v) is 4.43. The summed E-state index contributed by atoms with van der Waals surface area (Å²) in [5.74, 6) is 1.26. The zero-order chi connectivity index (χ0) is 14.0. The maximum absolute atomic E-state index is 11.5. The lowest BCUT2D eigenvalue weighted by Crippen LogP contribution is -2.16. The van der Waals surface area contributed by atoms with Crippen LogP contribution in [-0.2, 0) is 16.3 Å². The molecule has 1 heterocycles. The summed E-state index contributed by atoms with van der Waals surface area (Å²) in [7, 11) is -3.19. The van der Waals surface area contributed by atoms with E-state index < -0.39 is 9.84 Å². The first-order valence-electron chi connectivity index (χ1n) is 6.32. The zero-order valence-corrected chi connectivity index (χ0v) is 12.0. The minimum atomic E-state index is -3.19. The minimum Gasteiger partial charge on any atom is -0.342 e. The van der Waals surface area contributed by atoms with Crippen molar-refractivity contribution in [2.24, 2.45) is 11.7 Å². The molecule has 2 aromatic rings. The lowest BCUT2D eigenvalue weighted by molar-refractivity contribution is 0.508. The van der Waals surface area contributed by atoms with Gasteiger partial charge in [-0.15, -0.1) is 0 Å². The van der Waals surface area contributed by atoms with Crippen LogP contribution in [0, 0.1) is 5.92 Å². The number of nitrogens with one attached hydrogen (secondary N) is 1. The van der Waals surface area contributed by atoms with Crippen molar-refractivity contribution < 1.29 is 8.42 Å². The number of benzene rings is 1. The van der Waals surface area contributed by atoms with Gasteiger partial charge in [0.05, 0.1) is 15.9 Å². The van der Waals surface area contributed by atoms with Crippen molar-refractivity contribution in [3.05, 3.63) is 24.0 Å². The Kier molecular flexibility index (Phi) is 3.91. The fourth-order valence-corrected chi connectivity index (χ4v) is 2.68. The van der Waals surface area contributed by atoms with E-state index in [1.165, 1.54) is 6.26 Å². The van der Waals surface area contributed by atoms with Crippen molar-refractivity contribution in [1.82, 2.24) is 9.97 Å². The average Bonchev–Trinajstić information content (AvgIpc) is 2.76. The Balaban J connectivity index is 2.36. The first kappa shape index (κ1) is 14.0. The van der Waals surface area contributed by atoms with Crippen LogP contribution in [0.2, 0.25) is 0 Å². The van der Waals surface area contributed by atoms with E-state index in [9.17, 15) is 8.42 Å². The summed E-state index contributed by atoms with van der Waals surface area (Å²) in [6.45, 7) is 2.73. The Morgan fingerprint density at radius 2 is 2.16 bits per heavy atom. The lowest BCUT2D eigenvalue weighted by Gasteiger charge is -2.08. The van der Waals surface area contributed by atoms with Gasteiger partial charge in [0.25, 0.3) is 0 Å². The summed E-state index contributed by atoms with van der Waals surface area (Å²) in [5.41, 5.74) is 7.23. The highest BCUT2D eigenvalue weighted by Crippen LogP contribution is 2.19. The maximum atomic E-state index is 11.5. The zero-order valence-electron chi connectivity index (χ0n) is 11.2. The van der Waals surface area contributed by atoms with Crippen LogP contribution in [0.1, 0.15) is 19.2 Å². The molecule has 0 fully saturated rings. The van der Waals surface area contributed by atoms with Crippen LogP contribution in [0.25, 0.3) is 11.0 Å². The first-order valence-corrected chi connectivity index (χ1v) is 8.22. The van der Waals surface area contributed by atoms with Gasteiger partial charge in [-0.25, -0.2) is 13.4 Å². The van der Waals surface area contributed by atoms with Crippen LogP contribution >= 0.6 is 0 Å². The normalized spacial score (nSPS) is 13.8. The molecule has 0 spiro atoms. The predicted molar refractivity (Wildman–Crippen MR) is 75.7 cm³/mol. The van der Waals surface area contributed by atoms with Gasteiger partial charge in [-0.05, 0) is 30.7 Å². The molecule has 0 bridgehead atoms. The molecule has 1 unspecified atom stereocenters. The summed E-state index contributed by atoms with van der Waals surface area (Å²) < 4.78 is 23.0. The fourth-order valence-electron chi connectivity index (χ4n) is 2.04. The largest absolute Gasteiger partial charge is 0.342 e. The molecule has 0 aliphatic rings. The van der Waals surface area contributed by atoms with E-state index in [1.54, 1.807) is 18.2 Å². The van der Waals surface area contributed by atoms with Crippen molar-refractivity contribution in [1.29, 1.82) is 0 Å².